The molecule has 36 heavy (non-hydrogen) atoms. The van der Waals surface area contributed by atoms with Crippen LogP contribution in [0.15, 0.2) is 49.1 Å². The highest BCUT2D eigenvalue weighted by molar-refractivity contribution is 14.1. The second-order valence-electron chi connectivity index (χ2n) is 9.76. The molecule has 5 rings (SSSR count). The summed E-state index contributed by atoms with van der Waals surface area (Å²) < 4.78 is 32.0. The van der Waals surface area contributed by atoms with Gasteiger partial charge in [0.1, 0.15) is 11.4 Å². The molecule has 2 fully saturated rings. The van der Waals surface area contributed by atoms with Gasteiger partial charge < -0.3 is 30.1 Å². The van der Waals surface area contributed by atoms with Crippen molar-refractivity contribution in [1.29, 1.82) is 0 Å². The maximum atomic E-state index is 15.4. The number of aromatic nitrogens is 2. The molecule has 3 aromatic rings. The molecule has 1 saturated heterocycles. The largest absolute Gasteiger partial charge is 0.388 e. The molecule has 3 heterocycles. The van der Waals surface area contributed by atoms with E-state index in [-0.39, 0.29) is 41.7 Å². The number of halogens is 3. The number of nitrogens with one attached hydrogen (secondary N) is 2. The van der Waals surface area contributed by atoms with Gasteiger partial charge in [0.05, 0.1) is 41.7 Å². The van der Waals surface area contributed by atoms with Crippen molar-refractivity contribution in [2.45, 2.75) is 43.4 Å². The molecule has 0 radical (unpaired) electrons. The summed E-state index contributed by atoms with van der Waals surface area (Å²) >= 11 is 1.97. The number of amides is 1. The Bertz CT molecular complexity index is 1370. The van der Waals surface area contributed by atoms with Gasteiger partial charge >= 0.3 is 0 Å². The number of likely N-dealkylation sites (tertiary alicyclic amines) is 1. The van der Waals surface area contributed by atoms with Crippen molar-refractivity contribution in [2.24, 2.45) is 0 Å². The van der Waals surface area contributed by atoms with Crippen LogP contribution in [0.4, 0.5) is 20.2 Å². The number of β-amino-alcohol motifs (C(OH)–C–C–N with tert-alkyl or cyclic N) is 1. The zero-order chi connectivity index (χ0) is 25.8. The minimum Gasteiger partial charge on any atom is -0.388 e. The molecular formula is C25H26F2IN5O3. The lowest BCUT2D eigenvalue weighted by Gasteiger charge is -2.48. The molecule has 0 bridgehead atoms. The van der Waals surface area contributed by atoms with Crippen molar-refractivity contribution in [3.8, 4) is 0 Å². The average Bonchev–Trinajstić information content (AvgIpc) is 3.40. The lowest BCUT2D eigenvalue weighted by Crippen LogP contribution is -2.67. The summed E-state index contributed by atoms with van der Waals surface area (Å²) in [7, 11) is 0. The van der Waals surface area contributed by atoms with E-state index in [9.17, 15) is 19.4 Å². The number of nitrogens with zero attached hydrogens (tertiary/aromatic N) is 3. The fraction of sp³-hybridized carbons (Fsp3) is 0.360. The van der Waals surface area contributed by atoms with Crippen LogP contribution in [-0.2, 0) is 0 Å². The average molecular weight is 609 g/mol. The Labute approximate surface area is 220 Å². The van der Waals surface area contributed by atoms with Gasteiger partial charge in [-0.15, -0.1) is 0 Å². The first kappa shape index (κ1) is 24.9. The molecule has 4 N–H and O–H groups in total. The van der Waals surface area contributed by atoms with Gasteiger partial charge in [-0.3, -0.25) is 4.79 Å². The van der Waals surface area contributed by atoms with Crippen LogP contribution in [0.5, 0.6) is 0 Å². The zero-order valence-corrected chi connectivity index (χ0v) is 21.7. The number of imidazole rings is 1. The smallest absolute Gasteiger partial charge is 0.257 e. The Morgan fingerprint density at radius 2 is 2.06 bits per heavy atom. The van der Waals surface area contributed by atoms with E-state index in [1.807, 2.05) is 22.6 Å². The number of hydrogen-bond donors (Lipinski definition) is 4. The van der Waals surface area contributed by atoms with Crippen LogP contribution in [0.25, 0.3) is 5.65 Å². The monoisotopic (exact) mass is 609 g/mol. The van der Waals surface area contributed by atoms with Crippen LogP contribution in [0.3, 0.4) is 0 Å². The van der Waals surface area contributed by atoms with E-state index in [4.69, 9.17) is 0 Å². The highest BCUT2D eigenvalue weighted by atomic mass is 127. The van der Waals surface area contributed by atoms with Crippen molar-refractivity contribution >= 4 is 45.5 Å². The topological polar surface area (TPSA) is 102 Å². The molecular weight excluding hydrogens is 583 g/mol. The summed E-state index contributed by atoms with van der Waals surface area (Å²) in [4.78, 5) is 18.8. The van der Waals surface area contributed by atoms with Gasteiger partial charge in [-0.1, -0.05) is 6.58 Å². The van der Waals surface area contributed by atoms with Crippen LogP contribution >= 0.6 is 22.6 Å². The Morgan fingerprint density at radius 3 is 2.72 bits per heavy atom. The third kappa shape index (κ3) is 4.33. The Morgan fingerprint density at radius 1 is 1.31 bits per heavy atom. The second kappa shape index (κ2) is 8.96. The molecule has 8 nitrogen and oxygen atoms in total. The van der Waals surface area contributed by atoms with E-state index >= 15 is 4.39 Å². The van der Waals surface area contributed by atoms with Crippen molar-refractivity contribution in [1.82, 2.24) is 19.6 Å². The number of pyridine rings is 1. The number of aliphatic hydroxyl groups is 2. The summed E-state index contributed by atoms with van der Waals surface area (Å²) in [6, 6.07) is 4.19. The van der Waals surface area contributed by atoms with Crippen LogP contribution in [-0.4, -0.2) is 60.7 Å². The highest BCUT2D eigenvalue weighted by Crippen LogP contribution is 2.35. The van der Waals surface area contributed by atoms with Crippen LogP contribution < -0.4 is 10.6 Å². The molecule has 2 aromatic heterocycles. The zero-order valence-electron chi connectivity index (χ0n) is 19.6. The standard InChI is InChI=1S/C25H26F2IN5O3/c1-14(30-19-4-3-7-24(19,2)35)25(36)12-33(13-25)23(34)16-11-32-9-8-29-22(32)20(27)21(16)31-18-6-5-15(28)10-17(18)26/h5-6,8-11,19,30-31,35-36H,1,3-4,7,12-13H2,2H3. The van der Waals surface area contributed by atoms with Gasteiger partial charge in [0.15, 0.2) is 11.5 Å². The number of hydrogen-bond acceptors (Lipinski definition) is 6. The van der Waals surface area contributed by atoms with E-state index in [1.54, 1.807) is 13.0 Å². The van der Waals surface area contributed by atoms with E-state index in [0.29, 0.717) is 15.7 Å². The predicted molar refractivity (Wildman–Crippen MR) is 139 cm³/mol. The van der Waals surface area contributed by atoms with Gasteiger partial charge in [0, 0.05) is 27.9 Å². The quantitative estimate of drug-likeness (QED) is 0.319. The van der Waals surface area contributed by atoms with Gasteiger partial charge in [-0.25, -0.2) is 13.8 Å². The first-order chi connectivity index (χ1) is 17.0. The number of fused-ring (bicyclic) bond motifs is 1. The fourth-order valence-corrected chi connectivity index (χ4v) is 5.30. The fourth-order valence-electron chi connectivity index (χ4n) is 4.84. The first-order valence-electron chi connectivity index (χ1n) is 11.6. The maximum Gasteiger partial charge on any atom is 0.257 e. The summed E-state index contributed by atoms with van der Waals surface area (Å²) in [5, 5.41) is 27.4. The van der Waals surface area contributed by atoms with Crippen LogP contribution in [0.2, 0.25) is 0 Å². The molecule has 1 aliphatic heterocycles. The minimum absolute atomic E-state index is 0.0127. The van der Waals surface area contributed by atoms with E-state index in [0.717, 1.165) is 12.8 Å². The molecule has 1 aromatic carbocycles. The molecule has 1 saturated carbocycles. The molecule has 11 heteroatoms. The predicted octanol–water partition coefficient (Wildman–Crippen LogP) is 3.55. The second-order valence-corrected chi connectivity index (χ2v) is 11.0. The Kier molecular flexibility index (Phi) is 6.20. The molecule has 2 aliphatic rings. The molecule has 2 unspecified atom stereocenters. The molecule has 1 amide bonds. The molecule has 2 atom stereocenters. The van der Waals surface area contributed by atoms with Gasteiger partial charge in [-0.05, 0) is 67.0 Å². The van der Waals surface area contributed by atoms with E-state index in [1.165, 1.54) is 40.0 Å². The SMILES string of the molecule is C=C(NC1CCCC1(C)O)C1(O)CN(C(=O)c2cn3ccnc3c(F)c2Nc2ccc(I)cc2F)C1. The number of carbonyl (C=O) groups is 1. The van der Waals surface area contributed by atoms with E-state index < -0.39 is 28.7 Å². The van der Waals surface area contributed by atoms with Gasteiger partial charge in [-0.2, -0.15) is 0 Å². The van der Waals surface area contributed by atoms with E-state index in [2.05, 4.69) is 22.2 Å². The first-order valence-corrected chi connectivity index (χ1v) is 12.6. The van der Waals surface area contributed by atoms with Crippen LogP contribution in [0.1, 0.15) is 36.5 Å². The molecule has 1 aliphatic carbocycles. The van der Waals surface area contributed by atoms with Gasteiger partial charge in [0.25, 0.3) is 5.91 Å². The van der Waals surface area contributed by atoms with Crippen molar-refractivity contribution < 1.29 is 23.8 Å². The lowest BCUT2D eigenvalue weighted by molar-refractivity contribution is -0.0611. The third-order valence-corrected chi connectivity index (χ3v) is 7.74. The number of benzene rings is 1. The van der Waals surface area contributed by atoms with Crippen molar-refractivity contribution in [2.75, 3.05) is 18.4 Å². The maximum absolute atomic E-state index is 15.4. The Hall–Kier alpha value is -2.77. The normalized spacial score (nSPS) is 22.9. The van der Waals surface area contributed by atoms with Gasteiger partial charge in [0.2, 0.25) is 0 Å². The summed E-state index contributed by atoms with van der Waals surface area (Å²) in [5.41, 5.74) is -2.19. The minimum atomic E-state index is -1.39. The number of anilines is 2. The van der Waals surface area contributed by atoms with Crippen molar-refractivity contribution in [3.63, 3.8) is 0 Å². The lowest BCUT2D eigenvalue weighted by atomic mass is 9.88. The van der Waals surface area contributed by atoms with Crippen LogP contribution in [0, 0.1) is 15.2 Å². The summed E-state index contributed by atoms with van der Waals surface area (Å²) in [6.07, 6.45) is 6.61. The molecule has 0 spiro atoms. The summed E-state index contributed by atoms with van der Waals surface area (Å²) in [5.74, 6) is -1.93. The van der Waals surface area contributed by atoms with Crippen molar-refractivity contribution in [3.05, 3.63) is 69.8 Å². The number of carbonyl (C=O) groups excluding carboxylic acids is 1. The molecule has 190 valence electrons. The number of rotatable bonds is 6. The summed E-state index contributed by atoms with van der Waals surface area (Å²) in [6.45, 7) is 5.57. The Balaban J connectivity index is 1.39. The third-order valence-electron chi connectivity index (χ3n) is 7.07. The highest BCUT2D eigenvalue weighted by Gasteiger charge is 2.48.